The van der Waals surface area contributed by atoms with Gasteiger partial charge in [-0.05, 0) is 40.8 Å². The number of hydrogen-bond donors (Lipinski definition) is 3. The lowest BCUT2D eigenvalue weighted by Gasteiger charge is -2.46. The summed E-state index contributed by atoms with van der Waals surface area (Å²) in [6.07, 6.45) is 4.19. The van der Waals surface area contributed by atoms with Crippen molar-refractivity contribution in [3.63, 3.8) is 0 Å². The summed E-state index contributed by atoms with van der Waals surface area (Å²) in [4.78, 5) is 0. The van der Waals surface area contributed by atoms with Gasteiger partial charge >= 0.3 is 0 Å². The van der Waals surface area contributed by atoms with Crippen LogP contribution >= 0.6 is 0 Å². The number of methoxy groups -OCH3 is 1. The number of nitrogens with zero attached hydrogens (tertiary/aromatic N) is 1. The lowest BCUT2D eigenvalue weighted by atomic mass is 9.84. The summed E-state index contributed by atoms with van der Waals surface area (Å²) in [5, 5.41) is 29.1. The molecule has 0 unspecified atom stereocenters. The molecule has 0 saturated heterocycles. The smallest absolute Gasteiger partial charge is 0.124 e. The molecule has 2 aromatic carbocycles. The van der Waals surface area contributed by atoms with Gasteiger partial charge in [0.1, 0.15) is 11.8 Å². The molecule has 0 bridgehead atoms. The van der Waals surface area contributed by atoms with E-state index in [1.54, 1.807) is 7.11 Å². The lowest BCUT2D eigenvalue weighted by Crippen LogP contribution is -2.52. The highest BCUT2D eigenvalue weighted by Gasteiger charge is 2.39. The molecule has 164 valence electrons. The highest BCUT2D eigenvalue weighted by molar-refractivity contribution is 5.42. The van der Waals surface area contributed by atoms with Crippen molar-refractivity contribution in [3.05, 3.63) is 63.7 Å². The monoisotopic (exact) mass is 414 g/mol. The second kappa shape index (κ2) is 9.92. The van der Waals surface area contributed by atoms with Crippen LogP contribution in [0.5, 0.6) is 5.75 Å². The Morgan fingerprint density at radius 2 is 1.70 bits per heavy atom. The summed E-state index contributed by atoms with van der Waals surface area (Å²) in [5.74, 6) is 0.723. The van der Waals surface area contributed by atoms with Crippen LogP contribution in [-0.2, 0) is 32.7 Å². The molecule has 3 rings (SSSR count). The maximum absolute atomic E-state index is 9.87. The Morgan fingerprint density at radius 1 is 1.00 bits per heavy atom. The maximum atomic E-state index is 9.87. The molecule has 2 aromatic rings. The average Bonchev–Trinajstić information content (AvgIpc) is 2.78. The zero-order valence-corrected chi connectivity index (χ0v) is 18.5. The van der Waals surface area contributed by atoms with E-state index in [1.165, 1.54) is 23.1 Å². The molecule has 0 aliphatic carbocycles. The Balaban J connectivity index is 2.05. The van der Waals surface area contributed by atoms with E-state index in [2.05, 4.69) is 32.2 Å². The molecule has 1 aliphatic rings. The fourth-order valence-electron chi connectivity index (χ4n) is 4.84. The minimum absolute atomic E-state index is 0.0379. The summed E-state index contributed by atoms with van der Waals surface area (Å²) < 4.78 is 6.46. The molecule has 0 saturated carbocycles. The Morgan fingerprint density at radius 3 is 2.33 bits per heavy atom. The second-order valence-electron chi connectivity index (χ2n) is 8.69. The van der Waals surface area contributed by atoms with E-state index in [0.717, 1.165) is 59.3 Å². The summed E-state index contributed by atoms with van der Waals surface area (Å²) in [6, 6.07) is 10.5. The van der Waals surface area contributed by atoms with Crippen molar-refractivity contribution in [2.75, 3.05) is 27.2 Å². The Hall–Kier alpha value is -1.92. The molecule has 3 N–H and O–H groups in total. The summed E-state index contributed by atoms with van der Waals surface area (Å²) in [5.41, 5.74) is 6.19. The van der Waals surface area contributed by atoms with Gasteiger partial charge in [0.25, 0.3) is 0 Å². The minimum Gasteiger partial charge on any atom is -0.496 e. The average molecular weight is 415 g/mol. The van der Waals surface area contributed by atoms with Gasteiger partial charge in [-0.15, -0.1) is 0 Å². The van der Waals surface area contributed by atoms with Crippen molar-refractivity contribution < 1.29 is 24.5 Å². The molecule has 0 aromatic heterocycles. The minimum atomic E-state index is -0.0619. The van der Waals surface area contributed by atoms with Gasteiger partial charge in [-0.2, -0.15) is 0 Å². The third kappa shape index (κ3) is 4.54. The third-order valence-electron chi connectivity index (χ3n) is 6.78. The number of likely N-dealkylation sites (N-methyl/N-ethyl adjacent to an activating group) is 1. The molecular weight excluding hydrogens is 378 g/mol. The van der Waals surface area contributed by atoms with E-state index in [9.17, 15) is 15.3 Å². The van der Waals surface area contributed by atoms with Crippen LogP contribution in [0.3, 0.4) is 0 Å². The van der Waals surface area contributed by atoms with Gasteiger partial charge in [0, 0.05) is 24.0 Å². The van der Waals surface area contributed by atoms with Gasteiger partial charge in [0.15, 0.2) is 0 Å². The van der Waals surface area contributed by atoms with Crippen LogP contribution in [0, 0.1) is 0 Å². The molecule has 0 fully saturated rings. The predicted molar refractivity (Wildman–Crippen MR) is 118 cm³/mol. The fourth-order valence-corrected chi connectivity index (χ4v) is 4.84. The van der Waals surface area contributed by atoms with E-state index < -0.39 is 0 Å². The number of quaternary nitrogens is 1. The highest BCUT2D eigenvalue weighted by Crippen LogP contribution is 2.39. The van der Waals surface area contributed by atoms with Crippen molar-refractivity contribution in [3.8, 4) is 5.75 Å². The third-order valence-corrected chi connectivity index (χ3v) is 6.78. The zero-order chi connectivity index (χ0) is 21.7. The number of aliphatic hydroxyl groups excluding tert-OH is 3. The number of aliphatic hydroxyl groups is 3. The molecule has 0 spiro atoms. The van der Waals surface area contributed by atoms with E-state index in [1.807, 2.05) is 12.1 Å². The molecule has 0 amide bonds. The van der Waals surface area contributed by atoms with Crippen molar-refractivity contribution in [2.45, 2.75) is 58.5 Å². The molecule has 30 heavy (non-hydrogen) atoms. The first-order chi connectivity index (χ1) is 14.5. The zero-order valence-electron chi connectivity index (χ0n) is 18.5. The normalized spacial score (nSPS) is 20.8. The predicted octanol–water partition coefficient (Wildman–Crippen LogP) is 3.26. The SMILES string of the molecule is CCCC[N@+]1(C)CCc2cc(CO)c(CO)cc2[C@H]1Cc1ccc(CO)c(OC)c1. The van der Waals surface area contributed by atoms with Crippen molar-refractivity contribution >= 4 is 0 Å². The number of benzene rings is 2. The molecule has 5 nitrogen and oxygen atoms in total. The Labute approximate surface area is 180 Å². The molecular formula is C25H36NO4+. The van der Waals surface area contributed by atoms with Crippen LogP contribution in [0.4, 0.5) is 0 Å². The lowest BCUT2D eigenvalue weighted by molar-refractivity contribution is -0.941. The number of unbranched alkanes of at least 4 members (excludes halogenated alkanes) is 1. The first kappa shape index (κ1) is 22.8. The number of ether oxygens (including phenoxy) is 1. The molecule has 5 heteroatoms. The number of hydrogen-bond acceptors (Lipinski definition) is 4. The van der Waals surface area contributed by atoms with E-state index in [0.29, 0.717) is 0 Å². The molecule has 0 radical (unpaired) electrons. The molecule has 1 aliphatic heterocycles. The standard InChI is InChI=1S/C25H36NO4/c1-4-5-9-26(2)10-8-19-13-21(16-28)22(17-29)14-23(19)24(26)11-18-6-7-20(15-27)25(12-18)30-3/h6-7,12-14,24,27-29H,4-5,8-11,15-17H2,1-3H3/q+1/t24-,26-/m1/s1. The van der Waals surface area contributed by atoms with Gasteiger partial charge in [-0.3, -0.25) is 0 Å². The number of rotatable bonds is 9. The van der Waals surface area contributed by atoms with Gasteiger partial charge in [-0.1, -0.05) is 31.5 Å². The van der Waals surface area contributed by atoms with Crippen LogP contribution in [0.15, 0.2) is 30.3 Å². The quantitative estimate of drug-likeness (QED) is 0.551. The summed E-state index contributed by atoms with van der Waals surface area (Å²) >= 11 is 0. The van der Waals surface area contributed by atoms with E-state index in [-0.39, 0.29) is 25.9 Å². The summed E-state index contributed by atoms with van der Waals surface area (Å²) in [7, 11) is 3.99. The largest absolute Gasteiger partial charge is 0.496 e. The number of fused-ring (bicyclic) bond motifs is 1. The van der Waals surface area contributed by atoms with Crippen LogP contribution in [-0.4, -0.2) is 47.0 Å². The first-order valence-electron chi connectivity index (χ1n) is 11.0. The fraction of sp³-hybridized carbons (Fsp3) is 0.520. The van der Waals surface area contributed by atoms with Crippen LogP contribution in [0.1, 0.15) is 59.2 Å². The summed E-state index contributed by atoms with van der Waals surface area (Å²) in [6.45, 7) is 4.26. The molecule has 1 heterocycles. The Bertz CT molecular complexity index is 866. The van der Waals surface area contributed by atoms with Gasteiger partial charge in [-0.25, -0.2) is 0 Å². The van der Waals surface area contributed by atoms with Crippen molar-refractivity contribution in [1.82, 2.24) is 0 Å². The van der Waals surface area contributed by atoms with Gasteiger partial charge in [0.05, 0.1) is 47.1 Å². The molecule has 2 atom stereocenters. The van der Waals surface area contributed by atoms with Crippen LogP contribution in [0.2, 0.25) is 0 Å². The van der Waals surface area contributed by atoms with Gasteiger partial charge in [0.2, 0.25) is 0 Å². The van der Waals surface area contributed by atoms with Crippen LogP contribution in [0.25, 0.3) is 0 Å². The van der Waals surface area contributed by atoms with E-state index >= 15 is 0 Å². The Kier molecular flexibility index (Phi) is 7.53. The maximum Gasteiger partial charge on any atom is 0.124 e. The van der Waals surface area contributed by atoms with Crippen molar-refractivity contribution in [1.29, 1.82) is 0 Å². The topological polar surface area (TPSA) is 69.9 Å². The highest BCUT2D eigenvalue weighted by atomic mass is 16.5. The van der Waals surface area contributed by atoms with E-state index in [4.69, 9.17) is 4.74 Å². The van der Waals surface area contributed by atoms with Crippen molar-refractivity contribution in [2.24, 2.45) is 0 Å². The van der Waals surface area contributed by atoms with Gasteiger partial charge < -0.3 is 24.5 Å². The second-order valence-corrected chi connectivity index (χ2v) is 8.69. The van der Waals surface area contributed by atoms with Crippen LogP contribution < -0.4 is 4.74 Å². The first-order valence-corrected chi connectivity index (χ1v) is 11.0.